The number of carbonyl (C=O) groups is 1. The van der Waals surface area contributed by atoms with Gasteiger partial charge >= 0.3 is 6.61 Å². The van der Waals surface area contributed by atoms with Crippen LogP contribution in [0.2, 0.25) is 0 Å². The van der Waals surface area contributed by atoms with Crippen molar-refractivity contribution in [2.75, 3.05) is 18.1 Å². The van der Waals surface area contributed by atoms with Gasteiger partial charge in [-0.1, -0.05) is 44.7 Å². The lowest BCUT2D eigenvalue weighted by atomic mass is 9.89. The summed E-state index contributed by atoms with van der Waals surface area (Å²) in [5, 5.41) is 14.9. The molecule has 2 aliphatic heterocycles. The van der Waals surface area contributed by atoms with E-state index in [1.807, 2.05) is 6.92 Å². The van der Waals surface area contributed by atoms with E-state index in [9.17, 15) is 18.7 Å². The molecule has 1 N–H and O–H groups in total. The molecule has 35 heavy (non-hydrogen) atoms. The smallest absolute Gasteiger partial charge is 0.345 e. The monoisotopic (exact) mass is 487 g/mol. The van der Waals surface area contributed by atoms with Crippen LogP contribution >= 0.6 is 0 Å². The number of benzene rings is 1. The van der Waals surface area contributed by atoms with E-state index in [0.717, 1.165) is 11.3 Å². The number of halogens is 2. The first-order chi connectivity index (χ1) is 16.7. The number of carbonyl (C=O) groups excluding carboxylic acids is 1. The Hall–Kier alpha value is -3.33. The summed E-state index contributed by atoms with van der Waals surface area (Å²) in [7, 11) is 0. The van der Waals surface area contributed by atoms with Crippen LogP contribution in [0.25, 0.3) is 0 Å². The van der Waals surface area contributed by atoms with Crippen molar-refractivity contribution in [2.45, 2.75) is 52.9 Å². The van der Waals surface area contributed by atoms with Gasteiger partial charge in [0.1, 0.15) is 5.76 Å². The Morgan fingerprint density at radius 2 is 2.03 bits per heavy atom. The quantitative estimate of drug-likeness (QED) is 0.294. The predicted octanol–water partition coefficient (Wildman–Crippen LogP) is 5.20. The summed E-state index contributed by atoms with van der Waals surface area (Å²) < 4.78 is 31.4. The van der Waals surface area contributed by atoms with Gasteiger partial charge in [0.05, 0.1) is 30.0 Å². The third-order valence-electron chi connectivity index (χ3n) is 5.84. The van der Waals surface area contributed by atoms with Gasteiger partial charge in [0.2, 0.25) is 0 Å². The van der Waals surface area contributed by atoms with Gasteiger partial charge in [-0.05, 0) is 43.2 Å². The number of aliphatic hydroxyl groups is 1. The molecule has 3 rings (SSSR count). The van der Waals surface area contributed by atoms with Gasteiger partial charge < -0.3 is 19.6 Å². The Morgan fingerprint density at radius 1 is 1.34 bits per heavy atom. The van der Waals surface area contributed by atoms with Gasteiger partial charge in [-0.25, -0.2) is 4.99 Å². The number of amidine groups is 1. The molecule has 1 fully saturated rings. The number of hydrogen-bond acceptors (Lipinski definition) is 7. The number of ketones is 1. The number of oxime groups is 1. The number of allylic oxidation sites excluding steroid dienone is 3. The van der Waals surface area contributed by atoms with Gasteiger partial charge in [-0.3, -0.25) is 4.79 Å². The number of aliphatic imine (C=N–C) groups is 1. The number of alkyl halides is 2. The van der Waals surface area contributed by atoms with Crippen molar-refractivity contribution in [2.24, 2.45) is 16.1 Å². The Kier molecular flexibility index (Phi) is 8.56. The molecule has 0 bridgehead atoms. The zero-order chi connectivity index (χ0) is 25.7. The lowest BCUT2D eigenvalue weighted by Crippen LogP contribution is -2.37. The Bertz CT molecular complexity index is 1070. The first kappa shape index (κ1) is 26.3. The molecule has 0 saturated carbocycles. The summed E-state index contributed by atoms with van der Waals surface area (Å²) in [5.41, 5.74) is 2.79. The predicted molar refractivity (Wildman–Crippen MR) is 132 cm³/mol. The molecule has 0 radical (unpaired) electrons. The van der Waals surface area contributed by atoms with Crippen molar-refractivity contribution in [3.05, 3.63) is 65.5 Å². The van der Waals surface area contributed by atoms with E-state index in [-0.39, 0.29) is 36.0 Å². The molecule has 0 aromatic heterocycles. The molecule has 2 heterocycles. The van der Waals surface area contributed by atoms with E-state index in [1.165, 1.54) is 6.08 Å². The fourth-order valence-electron chi connectivity index (χ4n) is 4.21. The average molecular weight is 488 g/mol. The number of Topliss-reactive ketones (excluding diaryl/α,β-unsaturated/α-hetero) is 1. The van der Waals surface area contributed by atoms with Crippen molar-refractivity contribution in [1.29, 1.82) is 0 Å². The van der Waals surface area contributed by atoms with Crippen molar-refractivity contribution in [1.82, 2.24) is 0 Å². The minimum absolute atomic E-state index is 0.0307. The van der Waals surface area contributed by atoms with Gasteiger partial charge in [0.25, 0.3) is 0 Å². The summed E-state index contributed by atoms with van der Waals surface area (Å²) in [6, 6.07) is 6.40. The third-order valence-corrected chi connectivity index (χ3v) is 5.84. The topological polar surface area (TPSA) is 83.7 Å². The average Bonchev–Trinajstić information content (AvgIpc) is 3.17. The summed E-state index contributed by atoms with van der Waals surface area (Å²) in [6.45, 7) is 8.14. The first-order valence-corrected chi connectivity index (χ1v) is 11.5. The Morgan fingerprint density at radius 3 is 2.57 bits per heavy atom. The molecule has 1 saturated heterocycles. The third kappa shape index (κ3) is 5.85. The molecule has 0 aliphatic carbocycles. The van der Waals surface area contributed by atoms with Crippen molar-refractivity contribution in [3.8, 4) is 0 Å². The van der Waals surface area contributed by atoms with Crippen LogP contribution in [0, 0.1) is 5.92 Å². The van der Waals surface area contributed by atoms with Gasteiger partial charge in [-0.2, -0.15) is 8.78 Å². The second kappa shape index (κ2) is 11.4. The van der Waals surface area contributed by atoms with Crippen LogP contribution in [0.3, 0.4) is 0 Å². The van der Waals surface area contributed by atoms with E-state index < -0.39 is 18.8 Å². The molecule has 7 nitrogen and oxygen atoms in total. The number of ether oxygens (including phenoxy) is 1. The van der Waals surface area contributed by atoms with Crippen LogP contribution in [0.4, 0.5) is 14.5 Å². The maximum absolute atomic E-state index is 13.2. The highest BCUT2D eigenvalue weighted by molar-refractivity contribution is 6.08. The second-order valence-corrected chi connectivity index (χ2v) is 8.69. The van der Waals surface area contributed by atoms with Gasteiger partial charge in [-0.15, -0.1) is 0 Å². The summed E-state index contributed by atoms with van der Waals surface area (Å²) in [6.07, 6.45) is 2.32. The van der Waals surface area contributed by atoms with Gasteiger partial charge in [0.15, 0.2) is 18.2 Å². The Balaban J connectivity index is 2.09. The largest absolute Gasteiger partial charge is 0.512 e. The van der Waals surface area contributed by atoms with Crippen LogP contribution in [0.1, 0.15) is 39.7 Å². The number of anilines is 1. The highest BCUT2D eigenvalue weighted by Gasteiger charge is 2.43. The van der Waals surface area contributed by atoms with E-state index >= 15 is 0 Å². The summed E-state index contributed by atoms with van der Waals surface area (Å²) >= 11 is 0. The van der Waals surface area contributed by atoms with E-state index in [1.54, 1.807) is 56.0 Å². The highest BCUT2D eigenvalue weighted by atomic mass is 19.3. The van der Waals surface area contributed by atoms with Crippen molar-refractivity contribution in [3.63, 3.8) is 0 Å². The number of hydrogen-bond donors (Lipinski definition) is 1. The normalized spacial score (nSPS) is 21.1. The molecule has 1 aromatic rings. The van der Waals surface area contributed by atoms with Crippen LogP contribution in [-0.2, 0) is 14.4 Å². The molecule has 9 heteroatoms. The van der Waals surface area contributed by atoms with Crippen LogP contribution < -0.4 is 4.90 Å². The van der Waals surface area contributed by atoms with E-state index in [4.69, 9.17) is 9.57 Å². The molecule has 2 atom stereocenters. The van der Waals surface area contributed by atoms with Crippen molar-refractivity contribution < 1.29 is 28.3 Å². The van der Waals surface area contributed by atoms with Crippen LogP contribution in [0.15, 0.2) is 70.0 Å². The van der Waals surface area contributed by atoms with Crippen LogP contribution in [-0.4, -0.2) is 54.3 Å². The summed E-state index contributed by atoms with van der Waals surface area (Å²) in [4.78, 5) is 24.5. The maximum Gasteiger partial charge on any atom is 0.345 e. The molecule has 2 unspecified atom stereocenters. The van der Waals surface area contributed by atoms with Gasteiger partial charge in [0, 0.05) is 17.2 Å². The van der Waals surface area contributed by atoms with E-state index in [2.05, 4.69) is 16.7 Å². The molecule has 1 aromatic carbocycles. The fraction of sp³-hybridized carbons (Fsp3) is 0.423. The highest BCUT2D eigenvalue weighted by Crippen LogP contribution is 2.37. The Labute approximate surface area is 204 Å². The lowest BCUT2D eigenvalue weighted by Gasteiger charge is -2.32. The summed E-state index contributed by atoms with van der Waals surface area (Å²) in [5.74, 6) is -0.238. The number of nitrogens with zero attached hydrogens (tertiary/aromatic N) is 3. The second-order valence-electron chi connectivity index (χ2n) is 8.69. The zero-order valence-corrected chi connectivity index (χ0v) is 20.4. The molecule has 0 spiro atoms. The standard InChI is InChI=1S/C26H31F2N3O4/c1-6-8-19(21(7-2)35-26(27)28)23-22(24(33)15(3)4)20(32)13-31(23)18-11-9-17(10-12-18)25-29-16(5)14-34-30-25/h6,8-12,15,21,23,26,33H,1,7,13-14H2,2-5H3/b19-8+,24-22?. The van der Waals surface area contributed by atoms with Crippen LogP contribution in [0.5, 0.6) is 0 Å². The number of aliphatic hydroxyl groups excluding tert-OH is 1. The minimum atomic E-state index is -2.99. The van der Waals surface area contributed by atoms with Crippen molar-refractivity contribution >= 4 is 23.0 Å². The minimum Gasteiger partial charge on any atom is -0.512 e. The first-order valence-electron chi connectivity index (χ1n) is 11.5. The number of rotatable bonds is 9. The maximum atomic E-state index is 13.2. The zero-order valence-electron chi connectivity index (χ0n) is 20.4. The molecule has 2 aliphatic rings. The molecular weight excluding hydrogens is 456 g/mol. The lowest BCUT2D eigenvalue weighted by molar-refractivity contribution is -0.153. The van der Waals surface area contributed by atoms with E-state index in [0.29, 0.717) is 23.7 Å². The SMILES string of the molecule is C=C/C=C(\C(CC)OC(F)F)C1C(=C(O)C(C)C)C(=O)CN1c1ccc(C2=NOCC(C)=N2)cc1. The fourth-order valence-corrected chi connectivity index (χ4v) is 4.21. The molecule has 0 amide bonds. The molecular formula is C26H31F2N3O4. The molecule has 188 valence electrons.